The second-order valence-corrected chi connectivity index (χ2v) is 12.1. The third-order valence-electron chi connectivity index (χ3n) is 7.59. The molecule has 0 aliphatic heterocycles. The number of imidazole rings is 1. The number of hydrogen-bond acceptors (Lipinski definition) is 18. The number of hydrazine groups is 1. The summed E-state index contributed by atoms with van der Waals surface area (Å²) in [4.78, 5) is 70.0. The molecule has 0 atom stereocenters. The van der Waals surface area contributed by atoms with Crippen LogP contribution < -0.4 is 11.6 Å². The predicted octanol–water partition coefficient (Wildman–Crippen LogP) is 4.75. The Morgan fingerprint density at radius 2 is 1.44 bits per heavy atom. The van der Waals surface area contributed by atoms with Crippen molar-refractivity contribution in [3.63, 3.8) is 0 Å². The van der Waals surface area contributed by atoms with Gasteiger partial charge in [-0.15, -0.1) is 25.3 Å². The van der Waals surface area contributed by atoms with Crippen molar-refractivity contribution >= 4 is 35.7 Å². The van der Waals surface area contributed by atoms with Gasteiger partial charge in [-0.3, -0.25) is 0 Å². The van der Waals surface area contributed by atoms with Crippen LogP contribution in [0.3, 0.4) is 0 Å². The van der Waals surface area contributed by atoms with E-state index in [9.17, 15) is 34.6 Å². The van der Waals surface area contributed by atoms with Crippen molar-refractivity contribution in [3.8, 4) is 11.1 Å². The maximum absolute atomic E-state index is 13.2. The highest BCUT2D eigenvalue weighted by Crippen LogP contribution is 2.26. The Morgan fingerprint density at radius 1 is 0.842 bits per heavy atom. The number of carbonyl (C=O) groups is 3. The van der Waals surface area contributed by atoms with Crippen molar-refractivity contribution in [3.05, 3.63) is 96.6 Å². The van der Waals surface area contributed by atoms with Gasteiger partial charge in [0.15, 0.2) is 23.4 Å². The van der Waals surface area contributed by atoms with Gasteiger partial charge in [-0.1, -0.05) is 73.5 Å². The van der Waals surface area contributed by atoms with E-state index in [1.54, 1.807) is 16.7 Å². The molecule has 0 radical (unpaired) electrons. The first-order valence-electron chi connectivity index (χ1n) is 17.5. The van der Waals surface area contributed by atoms with E-state index in [4.69, 9.17) is 46.9 Å². The van der Waals surface area contributed by atoms with Crippen molar-refractivity contribution in [2.75, 3.05) is 40.0 Å². The van der Waals surface area contributed by atoms with Crippen molar-refractivity contribution < 1.29 is 57.9 Å². The minimum atomic E-state index is -1.10. The van der Waals surface area contributed by atoms with Gasteiger partial charge in [-0.2, -0.15) is 5.12 Å². The fourth-order valence-electron chi connectivity index (χ4n) is 4.91. The monoisotopic (exact) mass is 822 g/mol. The number of esters is 1. The third-order valence-corrected chi connectivity index (χ3v) is 7.85. The van der Waals surface area contributed by atoms with Gasteiger partial charge in [0.05, 0.1) is 26.4 Å². The van der Waals surface area contributed by atoms with Gasteiger partial charge >= 0.3 is 18.3 Å². The summed E-state index contributed by atoms with van der Waals surface area (Å²) in [6.07, 6.45) is 1.23. The number of rotatable bonds is 25. The van der Waals surface area contributed by atoms with Gasteiger partial charge < -0.3 is 43.7 Å². The first-order chi connectivity index (χ1) is 27.4. The first-order valence-corrected chi connectivity index (χ1v) is 17.9. The molecule has 3 aromatic rings. The fraction of sp³-hybridized carbons (Fsp3) is 0.441. The van der Waals surface area contributed by atoms with E-state index in [1.807, 2.05) is 43.3 Å². The van der Waals surface area contributed by atoms with Gasteiger partial charge in [0, 0.05) is 18.5 Å². The lowest BCUT2D eigenvalue weighted by molar-refractivity contribution is -0.757. The molecule has 57 heavy (non-hydrogen) atoms. The van der Waals surface area contributed by atoms with Crippen LogP contribution in [0.2, 0.25) is 5.15 Å². The quantitative estimate of drug-likeness (QED) is 0.0134. The van der Waals surface area contributed by atoms with Gasteiger partial charge in [-0.05, 0) is 48.8 Å². The van der Waals surface area contributed by atoms with Crippen LogP contribution in [0.4, 0.5) is 9.59 Å². The molecule has 3 rings (SSSR count). The van der Waals surface area contributed by atoms with E-state index in [0.29, 0.717) is 36.2 Å². The highest BCUT2D eigenvalue weighted by atomic mass is 35.5. The normalized spacial score (nSPS) is 11.0. The van der Waals surface area contributed by atoms with Gasteiger partial charge in [0.1, 0.15) is 5.82 Å². The van der Waals surface area contributed by atoms with Crippen LogP contribution in [-0.2, 0) is 46.3 Å². The number of unbranched alkanes of at least 4 members (excludes halogenated alkanes) is 3. The number of hydrogen-bond donors (Lipinski definition) is 2. The Hall–Kier alpha value is -6.42. The molecular formula is C34H43ClN8O14. The first kappa shape index (κ1) is 45.0. The molecule has 0 unspecified atom stereocenters. The molecule has 0 amide bonds. The average Bonchev–Trinajstić information content (AvgIpc) is 3.49. The number of ether oxygens (including phenoxy) is 5. The largest absolute Gasteiger partial charge is 0.511 e. The molecule has 0 fully saturated rings. The van der Waals surface area contributed by atoms with E-state index < -0.39 is 42.0 Å². The van der Waals surface area contributed by atoms with Gasteiger partial charge in [0.2, 0.25) is 6.79 Å². The molecule has 1 heterocycles. The summed E-state index contributed by atoms with van der Waals surface area (Å²) >= 11 is 6.42. The standard InChI is InChI=1S/C34H43ClN8O14/c1-2-3-12-28-38-30(35)29(32(44)54-23-55-34(46)52-18-7-9-20-57-43(49)50)40(28)21-24-13-15-25(16-14-24)26-10-4-5-11-27(26)31(36)39-41(37)22-53-33(45)51-17-6-8-19-56-42(47)48/h4-5,10-11,13-16H,2-3,6-9,12,17-23,37H2,1H3,(H2,36,39). The van der Waals surface area contributed by atoms with Crippen LogP contribution in [0.1, 0.15) is 72.9 Å². The number of aromatic nitrogens is 2. The number of nitrogens with zero attached hydrogens (tertiary/aromatic N) is 6. The fourth-order valence-corrected chi connectivity index (χ4v) is 5.18. The summed E-state index contributed by atoms with van der Waals surface area (Å²) in [5.41, 5.74) is 9.05. The number of nitrogens with two attached hydrogens (primary N) is 2. The summed E-state index contributed by atoms with van der Waals surface area (Å²) < 4.78 is 26.3. The predicted molar refractivity (Wildman–Crippen MR) is 198 cm³/mol. The second-order valence-electron chi connectivity index (χ2n) is 11.7. The molecular weight excluding hydrogens is 780 g/mol. The third kappa shape index (κ3) is 16.1. The Morgan fingerprint density at radius 3 is 2.05 bits per heavy atom. The van der Waals surface area contributed by atoms with E-state index in [0.717, 1.165) is 29.1 Å². The van der Waals surface area contributed by atoms with Crippen LogP contribution in [0.5, 0.6) is 0 Å². The number of amidine groups is 1. The molecule has 4 N–H and O–H groups in total. The Labute approximate surface area is 330 Å². The number of aryl methyl sites for hydroxylation is 1. The van der Waals surface area contributed by atoms with Crippen LogP contribution in [0.15, 0.2) is 53.6 Å². The van der Waals surface area contributed by atoms with E-state index in [2.05, 4.69) is 19.8 Å². The zero-order chi connectivity index (χ0) is 41.6. The van der Waals surface area contributed by atoms with Crippen LogP contribution in [0.25, 0.3) is 11.1 Å². The molecule has 0 saturated carbocycles. The molecule has 22 nitrogen and oxygen atoms in total. The van der Waals surface area contributed by atoms with Crippen molar-refractivity contribution in [2.24, 2.45) is 16.7 Å². The molecule has 0 spiro atoms. The topological polar surface area (TPSA) is 288 Å². The summed E-state index contributed by atoms with van der Waals surface area (Å²) in [7, 11) is 0. The van der Waals surface area contributed by atoms with E-state index in [-0.39, 0.29) is 62.5 Å². The summed E-state index contributed by atoms with van der Waals surface area (Å²) in [5.74, 6) is 5.57. The van der Waals surface area contributed by atoms with Crippen molar-refractivity contribution in [1.82, 2.24) is 14.7 Å². The highest BCUT2D eigenvalue weighted by Gasteiger charge is 2.24. The maximum Gasteiger partial charge on any atom is 0.511 e. The van der Waals surface area contributed by atoms with Gasteiger partial charge in [-0.25, -0.2) is 25.2 Å². The zero-order valence-corrected chi connectivity index (χ0v) is 31.7. The van der Waals surface area contributed by atoms with Crippen LogP contribution >= 0.6 is 11.6 Å². The van der Waals surface area contributed by atoms with Crippen LogP contribution in [-0.4, -0.2) is 88.9 Å². The zero-order valence-electron chi connectivity index (χ0n) is 30.9. The maximum atomic E-state index is 13.2. The number of hydrazone groups is 1. The number of benzene rings is 2. The SMILES string of the molecule is CCCCc1nc(Cl)c(C(=O)OCOC(=O)OCCCCO[N+](=O)[O-])n1Cc1ccc(-c2ccccc2/C(N)=N/N(N)COC(=O)OCCCCO[N+](=O)[O-])cc1. The minimum Gasteiger partial charge on any atom is -0.434 e. The molecule has 0 saturated heterocycles. The van der Waals surface area contributed by atoms with E-state index >= 15 is 0 Å². The molecule has 1 aromatic heterocycles. The molecule has 23 heteroatoms. The Balaban J connectivity index is 1.62. The summed E-state index contributed by atoms with van der Waals surface area (Å²) in [6, 6.07) is 14.5. The molecule has 0 aliphatic carbocycles. The lowest BCUT2D eigenvalue weighted by Crippen LogP contribution is -2.33. The van der Waals surface area contributed by atoms with Gasteiger partial charge in [0.25, 0.3) is 10.2 Å². The summed E-state index contributed by atoms with van der Waals surface area (Å²) in [5, 5.41) is 23.3. The van der Waals surface area contributed by atoms with Crippen molar-refractivity contribution in [2.45, 2.75) is 58.4 Å². The summed E-state index contributed by atoms with van der Waals surface area (Å²) in [6.45, 7) is 0.564. The molecule has 2 aromatic carbocycles. The molecule has 0 bridgehead atoms. The molecule has 0 aliphatic rings. The molecule has 310 valence electrons. The number of halogens is 1. The Kier molecular flexibility index (Phi) is 19.1. The lowest BCUT2D eigenvalue weighted by atomic mass is 9.98. The average molecular weight is 823 g/mol. The second kappa shape index (κ2) is 24.2. The lowest BCUT2D eigenvalue weighted by Gasteiger charge is -2.15. The minimum absolute atomic E-state index is 0.0225. The van der Waals surface area contributed by atoms with Crippen molar-refractivity contribution in [1.29, 1.82) is 0 Å². The highest BCUT2D eigenvalue weighted by molar-refractivity contribution is 6.32. The smallest absolute Gasteiger partial charge is 0.434 e. The van der Waals surface area contributed by atoms with E-state index in [1.165, 1.54) is 0 Å². The number of carbonyl (C=O) groups excluding carboxylic acids is 3. The Bertz CT molecular complexity index is 1830. The van der Waals surface area contributed by atoms with Crippen LogP contribution in [0, 0.1) is 20.2 Å².